The van der Waals surface area contributed by atoms with Gasteiger partial charge in [0.1, 0.15) is 0 Å². The Morgan fingerprint density at radius 2 is 1.52 bits per heavy atom. The van der Waals surface area contributed by atoms with E-state index in [0.717, 1.165) is 18.2 Å². The molecule has 0 aliphatic heterocycles. The normalized spacial score (nSPS) is 12.7. The Morgan fingerprint density at radius 1 is 0.952 bits per heavy atom. The second-order valence-corrected chi connectivity index (χ2v) is 6.66. The first kappa shape index (κ1) is 15.7. The lowest BCUT2D eigenvalue weighted by Crippen LogP contribution is -2.26. The Bertz CT molecular complexity index is 756. The zero-order chi connectivity index (χ0) is 15.5. The van der Waals surface area contributed by atoms with E-state index in [1.54, 1.807) is 18.2 Å². The van der Waals surface area contributed by atoms with Gasteiger partial charge in [0, 0.05) is 11.1 Å². The van der Waals surface area contributed by atoms with Crippen LogP contribution in [0.2, 0.25) is 5.02 Å². The predicted octanol–water partition coefficient (Wildman–Crippen LogP) is 4.42. The van der Waals surface area contributed by atoms with Crippen molar-refractivity contribution < 1.29 is 17.2 Å². The van der Waals surface area contributed by atoms with Gasteiger partial charge in [-0.1, -0.05) is 54.1 Å². The smallest absolute Gasteiger partial charge is 0.217 e. The summed E-state index contributed by atoms with van der Waals surface area (Å²) >= 11 is 5.84. The quantitative estimate of drug-likeness (QED) is 0.832. The summed E-state index contributed by atoms with van der Waals surface area (Å²) in [6.45, 7) is 0. The summed E-state index contributed by atoms with van der Waals surface area (Å²) in [4.78, 5) is -0.432. The van der Waals surface area contributed by atoms with Crippen molar-refractivity contribution in [3.63, 3.8) is 0 Å². The van der Waals surface area contributed by atoms with Gasteiger partial charge >= 0.3 is 5.25 Å². The van der Waals surface area contributed by atoms with E-state index in [4.69, 9.17) is 11.6 Å². The number of hydrogen-bond acceptors (Lipinski definition) is 2. The lowest BCUT2D eigenvalue weighted by atomic mass is 10.2. The molecule has 0 saturated heterocycles. The van der Waals surface area contributed by atoms with Crippen molar-refractivity contribution in [1.82, 2.24) is 0 Å². The standard InChI is InChI=1S/C15H11ClF2O2S/c16-14-9-5-4-6-12(14)10-11-15(17,18)21(19,20)13-7-2-1-3-8-13/h1-11H/b11-10+. The average Bonchev–Trinajstić information content (AvgIpc) is 2.47. The second-order valence-electron chi connectivity index (χ2n) is 4.23. The molecule has 0 unspecified atom stereocenters. The van der Waals surface area contributed by atoms with Gasteiger partial charge in [-0.3, -0.25) is 0 Å². The largest absolute Gasteiger partial charge is 0.368 e. The highest BCUT2D eigenvalue weighted by Crippen LogP contribution is 2.31. The summed E-state index contributed by atoms with van der Waals surface area (Å²) in [6.07, 6.45) is 1.35. The molecule has 0 heterocycles. The molecule has 0 radical (unpaired) electrons. The molecule has 0 aromatic heterocycles. The number of sulfone groups is 1. The van der Waals surface area contributed by atoms with Crippen LogP contribution in [0.4, 0.5) is 8.78 Å². The summed E-state index contributed by atoms with van der Waals surface area (Å²) < 4.78 is 51.8. The van der Waals surface area contributed by atoms with Crippen LogP contribution >= 0.6 is 11.6 Å². The lowest BCUT2D eigenvalue weighted by Gasteiger charge is -2.13. The fourth-order valence-electron chi connectivity index (χ4n) is 1.64. The van der Waals surface area contributed by atoms with Crippen molar-refractivity contribution in [2.75, 3.05) is 0 Å². The van der Waals surface area contributed by atoms with E-state index in [2.05, 4.69) is 0 Å². The van der Waals surface area contributed by atoms with Gasteiger partial charge in [0.2, 0.25) is 9.84 Å². The van der Waals surface area contributed by atoms with E-state index >= 15 is 0 Å². The van der Waals surface area contributed by atoms with E-state index in [-0.39, 0.29) is 5.02 Å². The Kier molecular flexibility index (Phi) is 4.44. The number of rotatable bonds is 4. The fourth-order valence-corrected chi connectivity index (χ4v) is 2.92. The van der Waals surface area contributed by atoms with Crippen LogP contribution in [0.5, 0.6) is 0 Å². The van der Waals surface area contributed by atoms with Gasteiger partial charge in [0.15, 0.2) is 0 Å². The number of alkyl halides is 2. The Labute approximate surface area is 126 Å². The molecule has 0 spiro atoms. The van der Waals surface area contributed by atoms with Gasteiger partial charge in [0.05, 0.1) is 4.90 Å². The summed E-state index contributed by atoms with van der Waals surface area (Å²) in [5.74, 6) is 0. The maximum absolute atomic E-state index is 14.0. The maximum Gasteiger partial charge on any atom is 0.368 e. The minimum Gasteiger partial charge on any atom is -0.217 e. The summed E-state index contributed by atoms with van der Waals surface area (Å²) in [7, 11) is -4.78. The first-order chi connectivity index (χ1) is 9.84. The molecule has 0 amide bonds. The molecule has 2 rings (SSSR count). The number of benzene rings is 2. The van der Waals surface area contributed by atoms with E-state index in [9.17, 15) is 17.2 Å². The van der Waals surface area contributed by atoms with Gasteiger partial charge in [0.25, 0.3) is 0 Å². The molecule has 0 N–H and O–H groups in total. The number of halogens is 3. The van der Waals surface area contributed by atoms with Gasteiger partial charge in [-0.05, 0) is 23.8 Å². The second kappa shape index (κ2) is 5.95. The van der Waals surface area contributed by atoms with Crippen molar-refractivity contribution >= 4 is 27.5 Å². The molecule has 110 valence electrons. The summed E-state index contributed by atoms with van der Waals surface area (Å²) in [5, 5.41) is -3.75. The highest BCUT2D eigenvalue weighted by atomic mass is 35.5. The van der Waals surface area contributed by atoms with Crippen molar-refractivity contribution in [2.45, 2.75) is 10.2 Å². The van der Waals surface area contributed by atoms with Crippen LogP contribution < -0.4 is 0 Å². The van der Waals surface area contributed by atoms with Crippen LogP contribution in [0.3, 0.4) is 0 Å². The molecule has 0 aliphatic rings. The minimum absolute atomic E-state index is 0.265. The Balaban J connectivity index is 2.37. The van der Waals surface area contributed by atoms with Crippen LogP contribution in [0.15, 0.2) is 65.6 Å². The van der Waals surface area contributed by atoms with Crippen LogP contribution in [-0.2, 0) is 9.84 Å². The molecule has 0 atom stereocenters. The molecule has 0 aliphatic carbocycles. The van der Waals surface area contributed by atoms with Crippen molar-refractivity contribution in [2.24, 2.45) is 0 Å². The molecular weight excluding hydrogens is 318 g/mol. The first-order valence-corrected chi connectivity index (χ1v) is 7.82. The van der Waals surface area contributed by atoms with E-state index in [1.807, 2.05) is 0 Å². The molecule has 2 nitrogen and oxygen atoms in total. The lowest BCUT2D eigenvalue weighted by molar-refractivity contribution is 0.148. The molecule has 0 fully saturated rings. The highest BCUT2D eigenvalue weighted by Gasteiger charge is 2.43. The third-order valence-electron chi connectivity index (χ3n) is 2.77. The zero-order valence-corrected chi connectivity index (χ0v) is 12.3. The van der Waals surface area contributed by atoms with Gasteiger partial charge in [-0.2, -0.15) is 8.78 Å². The topological polar surface area (TPSA) is 34.1 Å². The molecule has 2 aromatic rings. The Hall–Kier alpha value is -1.72. The van der Waals surface area contributed by atoms with Crippen LogP contribution in [0.1, 0.15) is 5.56 Å². The minimum atomic E-state index is -4.78. The molecule has 0 bridgehead atoms. The Morgan fingerprint density at radius 3 is 2.14 bits per heavy atom. The summed E-state index contributed by atoms with van der Waals surface area (Å²) in [6, 6.07) is 12.9. The molecule has 21 heavy (non-hydrogen) atoms. The third kappa shape index (κ3) is 3.31. The van der Waals surface area contributed by atoms with Crippen molar-refractivity contribution in [3.05, 3.63) is 71.3 Å². The average molecular weight is 329 g/mol. The maximum atomic E-state index is 14.0. The van der Waals surface area contributed by atoms with E-state index in [1.165, 1.54) is 24.3 Å². The summed E-state index contributed by atoms with van der Waals surface area (Å²) in [5.41, 5.74) is 0.321. The van der Waals surface area contributed by atoms with E-state index < -0.39 is 20.0 Å². The monoisotopic (exact) mass is 328 g/mol. The van der Waals surface area contributed by atoms with Crippen molar-refractivity contribution in [1.29, 1.82) is 0 Å². The van der Waals surface area contributed by atoms with E-state index in [0.29, 0.717) is 11.6 Å². The van der Waals surface area contributed by atoms with Gasteiger partial charge < -0.3 is 0 Å². The van der Waals surface area contributed by atoms with Crippen LogP contribution in [-0.4, -0.2) is 13.7 Å². The molecule has 6 heteroatoms. The highest BCUT2D eigenvalue weighted by molar-refractivity contribution is 7.92. The third-order valence-corrected chi connectivity index (χ3v) is 4.86. The SMILES string of the molecule is O=S(=O)(c1ccccc1)C(F)(F)/C=C/c1ccccc1Cl. The number of hydrogen-bond donors (Lipinski definition) is 0. The fraction of sp³-hybridized carbons (Fsp3) is 0.0667. The van der Waals surface area contributed by atoms with Crippen LogP contribution in [0.25, 0.3) is 6.08 Å². The molecule has 0 saturated carbocycles. The molecular formula is C15H11ClF2O2S. The molecule has 2 aromatic carbocycles. The van der Waals surface area contributed by atoms with Gasteiger partial charge in [-0.25, -0.2) is 8.42 Å². The first-order valence-electron chi connectivity index (χ1n) is 5.96. The van der Waals surface area contributed by atoms with Crippen LogP contribution in [0, 0.1) is 0 Å². The predicted molar refractivity (Wildman–Crippen MR) is 79.1 cm³/mol. The van der Waals surface area contributed by atoms with Gasteiger partial charge in [-0.15, -0.1) is 0 Å². The van der Waals surface area contributed by atoms with Crippen molar-refractivity contribution in [3.8, 4) is 0 Å². The zero-order valence-electron chi connectivity index (χ0n) is 10.7.